The smallest absolute Gasteiger partial charge is 0.138 e. The van der Waals surface area contributed by atoms with Gasteiger partial charge in [0.05, 0.1) is 10.7 Å². The molecule has 0 saturated carbocycles. The van der Waals surface area contributed by atoms with Gasteiger partial charge in [-0.1, -0.05) is 35.3 Å². The van der Waals surface area contributed by atoms with E-state index in [9.17, 15) is 0 Å². The Morgan fingerprint density at radius 3 is 2.73 bits per heavy atom. The van der Waals surface area contributed by atoms with Gasteiger partial charge in [0.15, 0.2) is 0 Å². The second kappa shape index (κ2) is 3.97. The molecule has 2 N–H and O–H groups in total. The average Bonchev–Trinajstić information content (AvgIpc) is 2.17. The van der Waals surface area contributed by atoms with Crippen LogP contribution in [-0.2, 0) is 0 Å². The highest BCUT2D eigenvalue weighted by Crippen LogP contribution is 2.30. The maximum absolute atomic E-state index is 6.06. The summed E-state index contributed by atoms with van der Waals surface area (Å²) in [4.78, 5) is 4.22. The quantitative estimate of drug-likeness (QED) is 0.775. The van der Waals surface area contributed by atoms with Crippen LogP contribution in [0.15, 0.2) is 24.3 Å². The molecule has 2 aromatic rings. The van der Waals surface area contributed by atoms with Gasteiger partial charge in [-0.2, -0.15) is 0 Å². The Morgan fingerprint density at radius 1 is 1.33 bits per heavy atom. The summed E-state index contributed by atoms with van der Waals surface area (Å²) in [5.74, 6) is 0. The molecule has 1 aromatic carbocycles. The van der Waals surface area contributed by atoms with E-state index < -0.39 is 0 Å². The summed E-state index contributed by atoms with van der Waals surface area (Å²) in [6.45, 7) is 1.87. The maximum Gasteiger partial charge on any atom is 0.138 e. The van der Waals surface area contributed by atoms with Crippen molar-refractivity contribution in [2.75, 3.05) is 0 Å². The van der Waals surface area contributed by atoms with E-state index in [4.69, 9.17) is 28.9 Å². The molecular formula is C11H10Cl2N2. The van der Waals surface area contributed by atoms with Crippen molar-refractivity contribution in [2.45, 2.75) is 13.0 Å². The largest absolute Gasteiger partial charge is 0.323 e. The maximum atomic E-state index is 6.06. The topological polar surface area (TPSA) is 38.9 Å². The summed E-state index contributed by atoms with van der Waals surface area (Å²) >= 11 is 12.1. The molecule has 0 aliphatic carbocycles. The van der Waals surface area contributed by atoms with Crippen LogP contribution in [-0.4, -0.2) is 4.98 Å². The molecule has 15 heavy (non-hydrogen) atoms. The molecule has 4 heteroatoms. The van der Waals surface area contributed by atoms with Crippen molar-refractivity contribution >= 4 is 34.0 Å². The Kier molecular flexibility index (Phi) is 2.83. The standard InChI is InChI=1S/C11H10Cl2N2/c1-6(14)9-5-7-3-2-4-8(12)10(7)11(13)15-9/h2-6H,14H2,1H3. The first kappa shape index (κ1) is 10.7. The van der Waals surface area contributed by atoms with Crippen LogP contribution in [0.4, 0.5) is 0 Å². The van der Waals surface area contributed by atoms with E-state index in [-0.39, 0.29) is 6.04 Å². The van der Waals surface area contributed by atoms with Gasteiger partial charge >= 0.3 is 0 Å². The number of hydrogen-bond acceptors (Lipinski definition) is 2. The van der Waals surface area contributed by atoms with Crippen LogP contribution in [0.25, 0.3) is 10.8 Å². The van der Waals surface area contributed by atoms with Crippen LogP contribution in [0.1, 0.15) is 18.7 Å². The van der Waals surface area contributed by atoms with E-state index in [2.05, 4.69) is 4.98 Å². The first-order valence-electron chi connectivity index (χ1n) is 4.60. The SMILES string of the molecule is CC(N)c1cc2cccc(Cl)c2c(Cl)n1. The van der Waals surface area contributed by atoms with Gasteiger partial charge in [-0.3, -0.25) is 0 Å². The Bertz CT molecular complexity index is 509. The predicted octanol–water partition coefficient (Wildman–Crippen LogP) is 3.56. The number of nitrogens with zero attached hydrogens (tertiary/aromatic N) is 1. The van der Waals surface area contributed by atoms with Crippen LogP contribution >= 0.6 is 23.2 Å². The van der Waals surface area contributed by atoms with Crippen molar-refractivity contribution in [2.24, 2.45) is 5.73 Å². The van der Waals surface area contributed by atoms with Crippen molar-refractivity contribution in [3.8, 4) is 0 Å². The first-order chi connectivity index (χ1) is 7.09. The van der Waals surface area contributed by atoms with Gasteiger partial charge in [0.2, 0.25) is 0 Å². The molecule has 0 fully saturated rings. The fourth-order valence-corrected chi connectivity index (χ4v) is 2.10. The molecule has 0 bridgehead atoms. The van der Waals surface area contributed by atoms with Crippen LogP contribution in [0.3, 0.4) is 0 Å². The van der Waals surface area contributed by atoms with E-state index in [1.807, 2.05) is 25.1 Å². The number of fused-ring (bicyclic) bond motifs is 1. The fourth-order valence-electron chi connectivity index (χ4n) is 1.47. The van der Waals surface area contributed by atoms with E-state index in [1.54, 1.807) is 6.07 Å². The summed E-state index contributed by atoms with van der Waals surface area (Å²) < 4.78 is 0. The van der Waals surface area contributed by atoms with E-state index >= 15 is 0 Å². The number of nitrogens with two attached hydrogens (primary N) is 1. The molecular weight excluding hydrogens is 231 g/mol. The highest BCUT2D eigenvalue weighted by atomic mass is 35.5. The Balaban J connectivity index is 2.78. The van der Waals surface area contributed by atoms with Crippen LogP contribution in [0, 0.1) is 0 Å². The third kappa shape index (κ3) is 1.93. The zero-order chi connectivity index (χ0) is 11.0. The summed E-state index contributed by atoms with van der Waals surface area (Å²) in [6, 6.07) is 7.40. The molecule has 0 aliphatic heterocycles. The number of rotatable bonds is 1. The molecule has 2 rings (SSSR count). The molecule has 1 atom stereocenters. The highest BCUT2D eigenvalue weighted by molar-refractivity contribution is 6.41. The van der Waals surface area contributed by atoms with Crippen LogP contribution in [0.2, 0.25) is 10.2 Å². The molecule has 0 radical (unpaired) electrons. The molecule has 0 saturated heterocycles. The number of halogens is 2. The summed E-state index contributed by atoms with van der Waals surface area (Å²) in [5, 5.41) is 2.77. The molecule has 1 unspecified atom stereocenters. The van der Waals surface area contributed by atoms with Gasteiger partial charge in [0.25, 0.3) is 0 Å². The number of benzene rings is 1. The van der Waals surface area contributed by atoms with Gasteiger partial charge in [-0.15, -0.1) is 0 Å². The second-order valence-corrected chi connectivity index (χ2v) is 4.23. The lowest BCUT2D eigenvalue weighted by atomic mass is 10.1. The average molecular weight is 241 g/mol. The molecule has 0 aliphatic rings. The minimum absolute atomic E-state index is 0.133. The van der Waals surface area contributed by atoms with Gasteiger partial charge in [0, 0.05) is 11.4 Å². The molecule has 0 amide bonds. The minimum Gasteiger partial charge on any atom is -0.323 e. The van der Waals surface area contributed by atoms with Crippen molar-refractivity contribution in [1.29, 1.82) is 0 Å². The Morgan fingerprint density at radius 2 is 2.07 bits per heavy atom. The van der Waals surface area contributed by atoms with Crippen molar-refractivity contribution < 1.29 is 0 Å². The predicted molar refractivity (Wildman–Crippen MR) is 64.4 cm³/mol. The summed E-state index contributed by atoms with van der Waals surface area (Å²) in [5.41, 5.74) is 6.53. The third-order valence-electron chi connectivity index (χ3n) is 2.25. The fraction of sp³-hybridized carbons (Fsp3) is 0.182. The van der Waals surface area contributed by atoms with Crippen molar-refractivity contribution in [3.05, 3.63) is 40.1 Å². The van der Waals surface area contributed by atoms with Crippen molar-refractivity contribution in [3.63, 3.8) is 0 Å². The minimum atomic E-state index is -0.133. The van der Waals surface area contributed by atoms with Gasteiger partial charge in [-0.05, 0) is 24.4 Å². The second-order valence-electron chi connectivity index (χ2n) is 3.46. The zero-order valence-electron chi connectivity index (χ0n) is 8.17. The van der Waals surface area contributed by atoms with E-state index in [1.165, 1.54) is 0 Å². The third-order valence-corrected chi connectivity index (χ3v) is 2.84. The lowest BCUT2D eigenvalue weighted by molar-refractivity contribution is 0.784. The molecule has 78 valence electrons. The van der Waals surface area contributed by atoms with Gasteiger partial charge in [-0.25, -0.2) is 4.98 Å². The number of hydrogen-bond donors (Lipinski definition) is 1. The number of pyridine rings is 1. The van der Waals surface area contributed by atoms with Gasteiger partial charge in [0.1, 0.15) is 5.15 Å². The van der Waals surface area contributed by atoms with Crippen LogP contribution < -0.4 is 5.73 Å². The highest BCUT2D eigenvalue weighted by Gasteiger charge is 2.09. The van der Waals surface area contributed by atoms with Crippen molar-refractivity contribution in [1.82, 2.24) is 4.98 Å². The monoisotopic (exact) mass is 240 g/mol. The number of aromatic nitrogens is 1. The molecule has 2 nitrogen and oxygen atoms in total. The Labute approximate surface area is 98.0 Å². The Hall–Kier alpha value is -0.830. The molecule has 0 spiro atoms. The lowest BCUT2D eigenvalue weighted by Crippen LogP contribution is -2.07. The summed E-state index contributed by atoms with van der Waals surface area (Å²) in [6.07, 6.45) is 0. The van der Waals surface area contributed by atoms with Gasteiger partial charge < -0.3 is 5.73 Å². The first-order valence-corrected chi connectivity index (χ1v) is 5.35. The lowest BCUT2D eigenvalue weighted by Gasteiger charge is -2.08. The molecule has 1 aromatic heterocycles. The zero-order valence-corrected chi connectivity index (χ0v) is 9.68. The van der Waals surface area contributed by atoms with Crippen LogP contribution in [0.5, 0.6) is 0 Å². The normalized spacial score (nSPS) is 13.1. The van der Waals surface area contributed by atoms with E-state index in [0.29, 0.717) is 10.2 Å². The molecule has 1 heterocycles. The summed E-state index contributed by atoms with van der Waals surface area (Å²) in [7, 11) is 0. The van der Waals surface area contributed by atoms with E-state index in [0.717, 1.165) is 16.5 Å².